The molecule has 2 heterocycles. The van der Waals surface area contributed by atoms with Crippen molar-refractivity contribution < 1.29 is 0 Å². The first-order valence-corrected chi connectivity index (χ1v) is 21.6. The smallest absolute Gasteiger partial charge is 0.0722 e. The highest BCUT2D eigenvalue weighted by atomic mass is 14.7. The summed E-state index contributed by atoms with van der Waals surface area (Å²) in [5, 5.41) is 22.3. The minimum absolute atomic E-state index is 0.976. The summed E-state index contributed by atoms with van der Waals surface area (Å²) in [4.78, 5) is 11.1. The number of aryl methyl sites for hydroxylation is 2. The number of hydrogen-bond acceptors (Lipinski definition) is 2. The summed E-state index contributed by atoms with van der Waals surface area (Å²) in [5.41, 5.74) is 11.4. The molecular weight excluding hydrogens is 749 g/mol. The van der Waals surface area contributed by atoms with E-state index in [9.17, 15) is 0 Å². The quantitative estimate of drug-likeness (QED) is 0.167. The molecular formula is C60H36N2. The van der Waals surface area contributed by atoms with Crippen LogP contribution in [0.15, 0.2) is 182 Å². The lowest BCUT2D eigenvalue weighted by Gasteiger charge is -2.18. The predicted molar refractivity (Wildman–Crippen MR) is 265 cm³/mol. The highest BCUT2D eigenvalue weighted by Crippen LogP contribution is 2.55. The van der Waals surface area contributed by atoms with Crippen molar-refractivity contribution in [2.24, 2.45) is 0 Å². The van der Waals surface area contributed by atoms with Crippen molar-refractivity contribution in [3.8, 4) is 33.6 Å². The molecule has 12 aromatic carbocycles. The molecule has 62 heavy (non-hydrogen) atoms. The number of rotatable bonds is 3. The Morgan fingerprint density at radius 2 is 0.806 bits per heavy atom. The Labute approximate surface area is 357 Å². The van der Waals surface area contributed by atoms with Gasteiger partial charge in [-0.15, -0.1) is 0 Å². The zero-order valence-electron chi connectivity index (χ0n) is 34.2. The highest BCUT2D eigenvalue weighted by molar-refractivity contribution is 6.46. The summed E-state index contributed by atoms with van der Waals surface area (Å²) in [5.74, 6) is 0. The van der Waals surface area contributed by atoms with Crippen molar-refractivity contribution in [3.05, 3.63) is 193 Å². The highest BCUT2D eigenvalue weighted by Gasteiger charge is 2.28. The number of hydrogen-bond donors (Lipinski definition) is 0. The van der Waals surface area contributed by atoms with Gasteiger partial charge in [-0.3, -0.25) is 0 Å². The van der Waals surface area contributed by atoms with E-state index in [1.807, 2.05) is 0 Å². The van der Waals surface area contributed by atoms with E-state index >= 15 is 0 Å². The van der Waals surface area contributed by atoms with Crippen LogP contribution in [0.2, 0.25) is 0 Å². The molecule has 0 bridgehead atoms. The van der Waals surface area contributed by atoms with Gasteiger partial charge in [-0.1, -0.05) is 140 Å². The average molecular weight is 785 g/mol. The normalized spacial score (nSPS) is 12.4. The van der Waals surface area contributed by atoms with Crippen LogP contribution in [0.25, 0.3) is 142 Å². The van der Waals surface area contributed by atoms with E-state index in [4.69, 9.17) is 9.97 Å². The largest absolute Gasteiger partial charge is 0.248 e. The SMILES string of the molecule is Cc1cccc(C)c1-c1ccc2c(c1)cc1c3c(-c4ccc5ccccc5n4)c4c(cc5c6ccccc6c6cccc4c65)c(-c4ccc5ccccc5n4)c3c3cccc2c31. The molecule has 2 heteroatoms. The zero-order chi connectivity index (χ0) is 40.8. The second-order valence-electron chi connectivity index (χ2n) is 17.3. The fraction of sp³-hybridized carbons (Fsp3) is 0.0333. The molecule has 0 spiro atoms. The van der Waals surface area contributed by atoms with E-state index in [0.29, 0.717) is 0 Å². The molecule has 286 valence electrons. The summed E-state index contributed by atoms with van der Waals surface area (Å²) < 4.78 is 0. The number of aromatic nitrogens is 2. The number of fused-ring (bicyclic) bond motifs is 12. The Balaban J connectivity index is 1.27. The molecule has 0 aliphatic rings. The van der Waals surface area contributed by atoms with Crippen LogP contribution in [0.5, 0.6) is 0 Å². The molecule has 2 nitrogen and oxygen atoms in total. The van der Waals surface area contributed by atoms with E-state index < -0.39 is 0 Å². The van der Waals surface area contributed by atoms with Gasteiger partial charge in [0.2, 0.25) is 0 Å². The van der Waals surface area contributed by atoms with Crippen LogP contribution < -0.4 is 0 Å². The molecule has 0 radical (unpaired) electrons. The van der Waals surface area contributed by atoms with Gasteiger partial charge in [0.15, 0.2) is 0 Å². The second-order valence-corrected chi connectivity index (χ2v) is 17.3. The Bertz CT molecular complexity index is 4210. The summed E-state index contributed by atoms with van der Waals surface area (Å²) in [6.45, 7) is 4.45. The lowest BCUT2D eigenvalue weighted by Crippen LogP contribution is -1.94. The molecule has 0 N–H and O–H groups in total. The molecule has 14 rings (SSSR count). The first kappa shape index (κ1) is 33.8. The lowest BCUT2D eigenvalue weighted by molar-refractivity contribution is 1.38. The van der Waals surface area contributed by atoms with Crippen LogP contribution in [-0.2, 0) is 0 Å². The third-order valence-corrected chi connectivity index (χ3v) is 13.9. The maximum Gasteiger partial charge on any atom is 0.0722 e. The third kappa shape index (κ3) is 4.48. The van der Waals surface area contributed by atoms with Gasteiger partial charge in [0, 0.05) is 38.1 Å². The number of para-hydroxylation sites is 2. The number of benzene rings is 10. The van der Waals surface area contributed by atoms with E-state index in [0.717, 1.165) is 33.2 Å². The van der Waals surface area contributed by atoms with Crippen LogP contribution in [-0.4, -0.2) is 9.97 Å². The van der Waals surface area contributed by atoms with Crippen molar-refractivity contribution in [1.29, 1.82) is 0 Å². The lowest BCUT2D eigenvalue weighted by atomic mass is 9.85. The first-order chi connectivity index (χ1) is 30.6. The van der Waals surface area contributed by atoms with Crippen LogP contribution in [0, 0.1) is 13.8 Å². The molecule has 0 fully saturated rings. The monoisotopic (exact) mass is 784 g/mol. The predicted octanol–water partition coefficient (Wildman–Crippen LogP) is 16.5. The molecule has 0 saturated heterocycles. The fourth-order valence-corrected chi connectivity index (χ4v) is 11.4. The standard InChI is InChI=1S/C60H36N2/c1-33-12-9-13-34(2)53(33)37-24-27-39-38(30-37)31-47-55-42(39)18-10-21-45(55)58-57(51-28-25-35-14-3-7-22-49(35)61-51)48-32-46-41-17-6-5-16-40(41)43-19-11-20-44(54(43)46)56(48)60(59(47)58)52-29-26-36-15-4-8-23-50(36)62-52/h3-32H,1-2H3. The Morgan fingerprint density at radius 1 is 0.274 bits per heavy atom. The van der Waals surface area contributed by atoms with E-state index in [1.165, 1.54) is 120 Å². The molecule has 0 amide bonds. The number of pyridine rings is 2. The Kier molecular flexibility index (Phi) is 6.72. The van der Waals surface area contributed by atoms with Crippen molar-refractivity contribution in [3.63, 3.8) is 0 Å². The maximum absolute atomic E-state index is 5.57. The molecule has 0 aliphatic heterocycles. The van der Waals surface area contributed by atoms with Crippen molar-refractivity contribution in [2.75, 3.05) is 0 Å². The summed E-state index contributed by atoms with van der Waals surface area (Å²) >= 11 is 0. The van der Waals surface area contributed by atoms with Crippen LogP contribution >= 0.6 is 0 Å². The molecule has 0 unspecified atom stereocenters. The molecule has 0 atom stereocenters. The first-order valence-electron chi connectivity index (χ1n) is 21.6. The third-order valence-electron chi connectivity index (χ3n) is 13.9. The van der Waals surface area contributed by atoms with Gasteiger partial charge in [0.25, 0.3) is 0 Å². The average Bonchev–Trinajstić information content (AvgIpc) is 3.81. The molecule has 0 aliphatic carbocycles. The number of nitrogens with zero attached hydrogens (tertiary/aromatic N) is 2. The summed E-state index contributed by atoms with van der Waals surface area (Å²) in [6, 6.07) is 67.4. The fourth-order valence-electron chi connectivity index (χ4n) is 11.4. The van der Waals surface area contributed by atoms with Crippen molar-refractivity contribution in [1.82, 2.24) is 9.97 Å². The van der Waals surface area contributed by atoms with Gasteiger partial charge < -0.3 is 0 Å². The van der Waals surface area contributed by atoms with Gasteiger partial charge in [0.1, 0.15) is 0 Å². The van der Waals surface area contributed by atoms with Gasteiger partial charge >= 0.3 is 0 Å². The topological polar surface area (TPSA) is 25.8 Å². The van der Waals surface area contributed by atoms with Gasteiger partial charge in [-0.25, -0.2) is 9.97 Å². The van der Waals surface area contributed by atoms with E-state index in [2.05, 4.69) is 196 Å². The van der Waals surface area contributed by atoms with Gasteiger partial charge in [-0.05, 0) is 149 Å². The summed E-state index contributed by atoms with van der Waals surface area (Å²) in [7, 11) is 0. The van der Waals surface area contributed by atoms with Crippen molar-refractivity contribution >= 4 is 108 Å². The minimum Gasteiger partial charge on any atom is -0.248 e. The van der Waals surface area contributed by atoms with Crippen LogP contribution in [0.1, 0.15) is 11.1 Å². The molecule has 2 aromatic heterocycles. The summed E-state index contributed by atoms with van der Waals surface area (Å²) in [6.07, 6.45) is 0. The van der Waals surface area contributed by atoms with Gasteiger partial charge in [0.05, 0.1) is 22.4 Å². The molecule has 14 aromatic rings. The van der Waals surface area contributed by atoms with Gasteiger partial charge in [-0.2, -0.15) is 0 Å². The van der Waals surface area contributed by atoms with E-state index in [1.54, 1.807) is 0 Å². The Hall–Kier alpha value is -7.94. The minimum atomic E-state index is 0.976. The zero-order valence-corrected chi connectivity index (χ0v) is 34.2. The second kappa shape index (κ2) is 12.3. The van der Waals surface area contributed by atoms with Crippen molar-refractivity contribution in [2.45, 2.75) is 13.8 Å². The van der Waals surface area contributed by atoms with E-state index in [-0.39, 0.29) is 0 Å². The maximum atomic E-state index is 5.57. The van der Waals surface area contributed by atoms with Crippen LogP contribution in [0.3, 0.4) is 0 Å². The molecule has 0 saturated carbocycles. The van der Waals surface area contributed by atoms with Crippen LogP contribution in [0.4, 0.5) is 0 Å². The Morgan fingerprint density at radius 3 is 1.52 bits per heavy atom.